The van der Waals surface area contributed by atoms with Crippen molar-refractivity contribution in [2.45, 2.75) is 13.0 Å². The highest BCUT2D eigenvalue weighted by Crippen LogP contribution is 2.11. The van der Waals surface area contributed by atoms with Crippen LogP contribution in [0.4, 0.5) is 4.39 Å². The van der Waals surface area contributed by atoms with E-state index >= 15 is 0 Å². The minimum absolute atomic E-state index is 0.122. The maximum atomic E-state index is 12.8. The number of aromatic nitrogens is 1. The smallest absolute Gasteiger partial charge is 0.273 e. The maximum Gasteiger partial charge on any atom is 0.273 e. The zero-order valence-electron chi connectivity index (χ0n) is 11.2. The summed E-state index contributed by atoms with van der Waals surface area (Å²) < 4.78 is 12.8. The van der Waals surface area contributed by atoms with Crippen molar-refractivity contribution in [2.24, 2.45) is 5.73 Å². The Morgan fingerprint density at radius 2 is 2.10 bits per heavy atom. The van der Waals surface area contributed by atoms with Gasteiger partial charge in [0.1, 0.15) is 16.5 Å². The van der Waals surface area contributed by atoms with Gasteiger partial charge in [-0.1, -0.05) is 12.1 Å². The molecule has 0 aliphatic carbocycles. The number of likely N-dealkylation sites (N-methyl/N-ethyl adjacent to an activating group) is 1. The van der Waals surface area contributed by atoms with E-state index in [-0.39, 0.29) is 11.7 Å². The number of amides is 1. The lowest BCUT2D eigenvalue weighted by Crippen LogP contribution is -2.29. The van der Waals surface area contributed by atoms with Crippen LogP contribution in [-0.4, -0.2) is 29.4 Å². The molecular formula is C14H16FN3OS. The van der Waals surface area contributed by atoms with Crippen LogP contribution in [0.15, 0.2) is 29.6 Å². The Labute approximate surface area is 121 Å². The first-order valence-corrected chi connectivity index (χ1v) is 7.12. The van der Waals surface area contributed by atoms with Crippen molar-refractivity contribution >= 4 is 17.2 Å². The molecule has 0 saturated heterocycles. The van der Waals surface area contributed by atoms with Gasteiger partial charge in [0.15, 0.2) is 0 Å². The van der Waals surface area contributed by atoms with Gasteiger partial charge in [0.2, 0.25) is 0 Å². The molecule has 1 aromatic carbocycles. The van der Waals surface area contributed by atoms with Crippen molar-refractivity contribution in [3.05, 3.63) is 51.7 Å². The van der Waals surface area contributed by atoms with Gasteiger partial charge in [-0.15, -0.1) is 11.3 Å². The van der Waals surface area contributed by atoms with Gasteiger partial charge in [0.25, 0.3) is 5.91 Å². The van der Waals surface area contributed by atoms with E-state index in [1.807, 2.05) is 0 Å². The summed E-state index contributed by atoms with van der Waals surface area (Å²) in [5, 5.41) is 2.47. The maximum absolute atomic E-state index is 12.8. The molecule has 0 bridgehead atoms. The van der Waals surface area contributed by atoms with Crippen LogP contribution in [0.3, 0.4) is 0 Å². The summed E-state index contributed by atoms with van der Waals surface area (Å²) in [6, 6.07) is 6.29. The van der Waals surface area contributed by atoms with Gasteiger partial charge < -0.3 is 10.6 Å². The molecule has 20 heavy (non-hydrogen) atoms. The molecular weight excluding hydrogens is 277 g/mol. The normalized spacial score (nSPS) is 10.6. The Morgan fingerprint density at radius 1 is 1.40 bits per heavy atom. The van der Waals surface area contributed by atoms with E-state index in [2.05, 4.69) is 4.98 Å². The van der Waals surface area contributed by atoms with Crippen molar-refractivity contribution < 1.29 is 9.18 Å². The van der Waals surface area contributed by atoms with Crippen LogP contribution < -0.4 is 5.73 Å². The van der Waals surface area contributed by atoms with Gasteiger partial charge in [-0.3, -0.25) is 4.79 Å². The van der Waals surface area contributed by atoms with Crippen molar-refractivity contribution in [1.29, 1.82) is 0 Å². The zero-order chi connectivity index (χ0) is 14.5. The van der Waals surface area contributed by atoms with E-state index in [1.165, 1.54) is 23.5 Å². The Morgan fingerprint density at radius 3 is 2.70 bits per heavy atom. The molecule has 106 valence electrons. The van der Waals surface area contributed by atoms with Gasteiger partial charge in [-0.25, -0.2) is 9.37 Å². The Kier molecular flexibility index (Phi) is 4.81. The number of carbonyl (C=O) groups is 1. The molecule has 2 rings (SSSR count). The summed E-state index contributed by atoms with van der Waals surface area (Å²) in [4.78, 5) is 17.9. The lowest BCUT2D eigenvalue weighted by atomic mass is 10.1. The number of carbonyl (C=O) groups excluding carboxylic acids is 1. The number of rotatable bonds is 5. The third-order valence-electron chi connectivity index (χ3n) is 2.94. The first kappa shape index (κ1) is 14.6. The molecule has 0 spiro atoms. The number of hydrogen-bond acceptors (Lipinski definition) is 4. The summed E-state index contributed by atoms with van der Waals surface area (Å²) in [5.74, 6) is -0.377. The first-order chi connectivity index (χ1) is 9.60. The third kappa shape index (κ3) is 3.61. The number of hydrogen-bond donors (Lipinski definition) is 1. The van der Waals surface area contributed by atoms with Crippen molar-refractivity contribution in [3.8, 4) is 0 Å². The van der Waals surface area contributed by atoms with Gasteiger partial charge >= 0.3 is 0 Å². The standard InChI is InChI=1S/C14H16FN3OS/c1-18(7-6-10-2-4-11(15)5-3-10)14(19)12-9-20-13(8-16)17-12/h2-5,9H,6-8,16H2,1H3. The molecule has 0 unspecified atom stereocenters. The lowest BCUT2D eigenvalue weighted by Gasteiger charge is -2.15. The molecule has 6 heteroatoms. The van der Waals surface area contributed by atoms with Gasteiger partial charge in [0.05, 0.1) is 0 Å². The number of nitrogens with zero attached hydrogens (tertiary/aromatic N) is 2. The SMILES string of the molecule is CN(CCc1ccc(F)cc1)C(=O)c1csc(CN)n1. The zero-order valence-corrected chi connectivity index (χ0v) is 12.0. The molecule has 0 aliphatic heterocycles. The summed E-state index contributed by atoms with van der Waals surface area (Å²) in [6.07, 6.45) is 0.677. The molecule has 2 N–H and O–H groups in total. The van der Waals surface area contributed by atoms with E-state index in [1.54, 1.807) is 29.5 Å². The van der Waals surface area contributed by atoms with E-state index in [0.29, 0.717) is 25.2 Å². The van der Waals surface area contributed by atoms with Gasteiger partial charge in [-0.05, 0) is 24.1 Å². The molecule has 1 heterocycles. The second kappa shape index (κ2) is 6.58. The van der Waals surface area contributed by atoms with E-state index in [0.717, 1.165) is 10.6 Å². The Hall–Kier alpha value is -1.79. The molecule has 0 aliphatic rings. The predicted octanol–water partition coefficient (Wildman–Crippen LogP) is 2.06. The molecule has 0 atom stereocenters. The summed E-state index contributed by atoms with van der Waals surface area (Å²) in [7, 11) is 1.73. The second-order valence-electron chi connectivity index (χ2n) is 4.43. The quantitative estimate of drug-likeness (QED) is 0.918. The van der Waals surface area contributed by atoms with Crippen molar-refractivity contribution in [3.63, 3.8) is 0 Å². The molecule has 2 aromatic rings. The van der Waals surface area contributed by atoms with Crippen LogP contribution in [0.25, 0.3) is 0 Å². The predicted molar refractivity (Wildman–Crippen MR) is 77.1 cm³/mol. The number of halogens is 1. The minimum atomic E-state index is -0.255. The topological polar surface area (TPSA) is 59.2 Å². The van der Waals surface area contributed by atoms with Crippen molar-refractivity contribution in [1.82, 2.24) is 9.88 Å². The van der Waals surface area contributed by atoms with Crippen LogP contribution in [0.5, 0.6) is 0 Å². The van der Waals surface area contributed by atoms with Gasteiger partial charge in [0, 0.05) is 25.5 Å². The molecule has 0 saturated carbocycles. The van der Waals surface area contributed by atoms with Crippen molar-refractivity contribution in [2.75, 3.05) is 13.6 Å². The second-order valence-corrected chi connectivity index (χ2v) is 5.38. The average molecular weight is 293 g/mol. The highest BCUT2D eigenvalue weighted by atomic mass is 32.1. The van der Waals surface area contributed by atoms with E-state index in [4.69, 9.17) is 5.73 Å². The Balaban J connectivity index is 1.92. The summed E-state index contributed by atoms with van der Waals surface area (Å²) in [5.41, 5.74) is 6.90. The molecule has 4 nitrogen and oxygen atoms in total. The molecule has 0 radical (unpaired) electrons. The summed E-state index contributed by atoms with van der Waals surface area (Å²) in [6.45, 7) is 0.900. The highest BCUT2D eigenvalue weighted by molar-refractivity contribution is 7.09. The third-order valence-corrected chi connectivity index (χ3v) is 3.81. The fraction of sp³-hybridized carbons (Fsp3) is 0.286. The minimum Gasteiger partial charge on any atom is -0.340 e. The number of thiazole rings is 1. The van der Waals surface area contributed by atoms with E-state index in [9.17, 15) is 9.18 Å². The average Bonchev–Trinajstić information content (AvgIpc) is 2.94. The first-order valence-electron chi connectivity index (χ1n) is 6.24. The fourth-order valence-electron chi connectivity index (χ4n) is 1.75. The van der Waals surface area contributed by atoms with Crippen LogP contribution in [0, 0.1) is 5.82 Å². The van der Waals surface area contributed by atoms with Gasteiger partial charge in [-0.2, -0.15) is 0 Å². The van der Waals surface area contributed by atoms with Crippen LogP contribution in [-0.2, 0) is 13.0 Å². The monoisotopic (exact) mass is 293 g/mol. The largest absolute Gasteiger partial charge is 0.340 e. The lowest BCUT2D eigenvalue weighted by molar-refractivity contribution is 0.0791. The van der Waals surface area contributed by atoms with Crippen LogP contribution in [0.2, 0.25) is 0 Å². The Bertz CT molecular complexity index is 582. The summed E-state index contributed by atoms with van der Waals surface area (Å²) >= 11 is 1.39. The van der Waals surface area contributed by atoms with Crippen LogP contribution >= 0.6 is 11.3 Å². The number of benzene rings is 1. The highest BCUT2D eigenvalue weighted by Gasteiger charge is 2.14. The molecule has 1 aromatic heterocycles. The van der Waals surface area contributed by atoms with Crippen LogP contribution in [0.1, 0.15) is 21.1 Å². The number of nitrogens with two attached hydrogens (primary N) is 1. The van der Waals surface area contributed by atoms with E-state index < -0.39 is 0 Å². The molecule has 0 fully saturated rings. The molecule has 1 amide bonds. The fourth-order valence-corrected chi connectivity index (χ4v) is 2.40.